The molecule has 0 aliphatic rings. The van der Waals surface area contributed by atoms with Crippen LogP contribution in [0.3, 0.4) is 0 Å². The lowest BCUT2D eigenvalue weighted by molar-refractivity contribution is -0.137. The van der Waals surface area contributed by atoms with Crippen LogP contribution in [-0.4, -0.2) is 49.1 Å². The van der Waals surface area contributed by atoms with Crippen LogP contribution in [-0.2, 0) is 12.7 Å². The molecule has 0 saturated heterocycles. The molecule has 7 nitrogen and oxygen atoms in total. The maximum Gasteiger partial charge on any atom is 0.417 e. The fourth-order valence-corrected chi connectivity index (χ4v) is 4.44. The summed E-state index contributed by atoms with van der Waals surface area (Å²) in [6.45, 7) is 8.77. The van der Waals surface area contributed by atoms with E-state index in [1.54, 1.807) is 24.3 Å². The number of halogens is 5. The van der Waals surface area contributed by atoms with Crippen molar-refractivity contribution in [3.63, 3.8) is 0 Å². The second kappa shape index (κ2) is 15.1. The van der Waals surface area contributed by atoms with Gasteiger partial charge in [0.15, 0.2) is 0 Å². The highest BCUT2D eigenvalue weighted by Crippen LogP contribution is 2.34. The number of rotatable bonds is 12. The minimum absolute atomic E-state index is 0.0901. The van der Waals surface area contributed by atoms with E-state index in [4.69, 9.17) is 11.6 Å². The van der Waals surface area contributed by atoms with Crippen molar-refractivity contribution in [2.75, 3.05) is 31.5 Å². The summed E-state index contributed by atoms with van der Waals surface area (Å²) in [5.41, 5.74) is 3.14. The molecule has 12 heteroatoms. The molecular formula is C29H30BrClF3N5O2. The molecule has 3 aromatic carbocycles. The van der Waals surface area contributed by atoms with Gasteiger partial charge in [0.05, 0.1) is 28.1 Å². The second-order valence-corrected chi connectivity index (χ2v) is 10.3. The van der Waals surface area contributed by atoms with E-state index in [2.05, 4.69) is 55.8 Å². The highest BCUT2D eigenvalue weighted by atomic mass is 79.9. The smallest absolute Gasteiger partial charge is 0.321 e. The molecule has 0 radical (unpaired) electrons. The van der Waals surface area contributed by atoms with Gasteiger partial charge in [0.25, 0.3) is 11.8 Å². The maximum absolute atomic E-state index is 13.1. The standard InChI is InChI=1S/C29H30BrClF3N5O2/c1-3-39(4-2)14-13-35-17-19-5-8-21(9-6-19)27(40)37-26-12-10-22(30)16-23(26)28(41)38-36-18-20-7-11-25(31)24(15-20)29(32,33)34/h5-12,15-16,18,35H,3-4,13-14,17H2,1-2H3,(H,37,40)(H,38,41)/b36-18-. The highest BCUT2D eigenvalue weighted by Gasteiger charge is 2.33. The van der Waals surface area contributed by atoms with Crippen LogP contribution < -0.4 is 16.1 Å². The lowest BCUT2D eigenvalue weighted by atomic mass is 10.1. The van der Waals surface area contributed by atoms with E-state index < -0.39 is 28.6 Å². The van der Waals surface area contributed by atoms with Crippen LogP contribution in [0.1, 0.15) is 51.3 Å². The van der Waals surface area contributed by atoms with Crippen LogP contribution in [0.4, 0.5) is 18.9 Å². The molecule has 218 valence electrons. The summed E-state index contributed by atoms with van der Waals surface area (Å²) in [5, 5.41) is 9.46. The highest BCUT2D eigenvalue weighted by molar-refractivity contribution is 9.10. The predicted octanol–water partition coefficient (Wildman–Crippen LogP) is 6.57. The number of hydrazone groups is 1. The van der Waals surface area contributed by atoms with Crippen molar-refractivity contribution in [2.24, 2.45) is 5.10 Å². The van der Waals surface area contributed by atoms with Gasteiger partial charge >= 0.3 is 6.18 Å². The Balaban J connectivity index is 1.63. The van der Waals surface area contributed by atoms with Gasteiger partial charge in [-0.2, -0.15) is 18.3 Å². The van der Waals surface area contributed by atoms with E-state index >= 15 is 0 Å². The SMILES string of the molecule is CCN(CC)CCNCc1ccc(C(=O)Nc2ccc(Br)cc2C(=O)N/N=C\c2ccc(Cl)c(C(F)(F)F)c2)cc1. The second-order valence-electron chi connectivity index (χ2n) is 8.98. The van der Waals surface area contributed by atoms with Crippen molar-refractivity contribution >= 4 is 51.2 Å². The lowest BCUT2D eigenvalue weighted by Crippen LogP contribution is -2.31. The Morgan fingerprint density at radius 2 is 1.71 bits per heavy atom. The number of carbonyl (C=O) groups excluding carboxylic acids is 2. The van der Waals surface area contributed by atoms with Gasteiger partial charge in [0.1, 0.15) is 0 Å². The van der Waals surface area contributed by atoms with Crippen molar-refractivity contribution in [3.05, 3.63) is 98.0 Å². The fourth-order valence-electron chi connectivity index (χ4n) is 3.86. The maximum atomic E-state index is 13.1. The van der Waals surface area contributed by atoms with Crippen LogP contribution in [0, 0.1) is 0 Å². The topological polar surface area (TPSA) is 85.8 Å². The van der Waals surface area contributed by atoms with E-state index in [0.717, 1.165) is 50.1 Å². The van der Waals surface area contributed by atoms with Gasteiger partial charge in [-0.15, -0.1) is 0 Å². The number of benzene rings is 3. The average Bonchev–Trinajstić information content (AvgIpc) is 2.94. The van der Waals surface area contributed by atoms with Crippen molar-refractivity contribution in [1.82, 2.24) is 15.6 Å². The molecule has 41 heavy (non-hydrogen) atoms. The van der Waals surface area contributed by atoms with E-state index in [1.165, 1.54) is 12.1 Å². The largest absolute Gasteiger partial charge is 0.417 e. The molecule has 0 unspecified atom stereocenters. The van der Waals surface area contributed by atoms with Crippen LogP contribution in [0.5, 0.6) is 0 Å². The van der Waals surface area contributed by atoms with Crippen LogP contribution in [0.25, 0.3) is 0 Å². The predicted molar refractivity (Wildman–Crippen MR) is 160 cm³/mol. The van der Waals surface area contributed by atoms with Crippen molar-refractivity contribution in [2.45, 2.75) is 26.6 Å². The van der Waals surface area contributed by atoms with Crippen LogP contribution in [0.15, 0.2) is 70.2 Å². The first-order valence-corrected chi connectivity index (χ1v) is 14.0. The average molecular weight is 653 g/mol. The Hall–Kier alpha value is -3.25. The Kier molecular flexibility index (Phi) is 11.9. The third-order valence-corrected chi connectivity index (χ3v) is 7.02. The first kappa shape index (κ1) is 32.3. The van der Waals surface area contributed by atoms with E-state index in [9.17, 15) is 22.8 Å². The molecule has 3 rings (SSSR count). The minimum atomic E-state index is -4.63. The fraction of sp³-hybridized carbons (Fsp3) is 0.276. The summed E-state index contributed by atoms with van der Waals surface area (Å²) in [6, 6.07) is 15.1. The third-order valence-electron chi connectivity index (χ3n) is 6.19. The van der Waals surface area contributed by atoms with Crippen molar-refractivity contribution in [1.29, 1.82) is 0 Å². The Labute approximate surface area is 250 Å². The molecular weight excluding hydrogens is 623 g/mol. The molecule has 3 aromatic rings. The zero-order valence-electron chi connectivity index (χ0n) is 22.5. The van der Waals surface area contributed by atoms with Gasteiger partial charge in [-0.3, -0.25) is 9.59 Å². The zero-order valence-corrected chi connectivity index (χ0v) is 24.8. The number of nitrogens with one attached hydrogen (secondary N) is 3. The van der Waals surface area contributed by atoms with Gasteiger partial charge < -0.3 is 15.5 Å². The molecule has 0 heterocycles. The normalized spacial score (nSPS) is 11.7. The van der Waals surface area contributed by atoms with Gasteiger partial charge in [-0.1, -0.05) is 59.6 Å². The molecule has 0 fully saturated rings. The third kappa shape index (κ3) is 9.67. The summed E-state index contributed by atoms with van der Waals surface area (Å²) in [7, 11) is 0. The minimum Gasteiger partial charge on any atom is -0.321 e. The summed E-state index contributed by atoms with van der Waals surface area (Å²) >= 11 is 8.94. The molecule has 0 bridgehead atoms. The summed E-state index contributed by atoms with van der Waals surface area (Å²) in [6.07, 6.45) is -3.56. The molecule has 0 saturated carbocycles. The van der Waals surface area contributed by atoms with Gasteiger partial charge in [-0.05, 0) is 66.7 Å². The number of alkyl halides is 3. The Morgan fingerprint density at radius 3 is 2.37 bits per heavy atom. The molecule has 0 atom stereocenters. The number of amides is 2. The Morgan fingerprint density at radius 1 is 1.00 bits per heavy atom. The molecule has 0 aliphatic heterocycles. The number of likely N-dealkylation sites (N-methyl/N-ethyl adjacent to an activating group) is 1. The van der Waals surface area contributed by atoms with Gasteiger partial charge in [0.2, 0.25) is 0 Å². The number of nitrogens with zero attached hydrogens (tertiary/aromatic N) is 2. The van der Waals surface area contributed by atoms with E-state index in [1.807, 2.05) is 12.1 Å². The van der Waals surface area contributed by atoms with Gasteiger partial charge in [-0.25, -0.2) is 5.43 Å². The molecule has 0 aliphatic carbocycles. The molecule has 0 spiro atoms. The quantitative estimate of drug-likeness (QED) is 0.117. The summed E-state index contributed by atoms with van der Waals surface area (Å²) < 4.78 is 39.9. The summed E-state index contributed by atoms with van der Waals surface area (Å²) in [5.74, 6) is -1.08. The van der Waals surface area contributed by atoms with Crippen LogP contribution in [0.2, 0.25) is 5.02 Å². The number of hydrogen-bond acceptors (Lipinski definition) is 5. The van der Waals surface area contributed by atoms with E-state index in [0.29, 0.717) is 16.6 Å². The van der Waals surface area contributed by atoms with E-state index in [-0.39, 0.29) is 16.8 Å². The zero-order chi connectivity index (χ0) is 30.0. The van der Waals surface area contributed by atoms with Crippen molar-refractivity contribution < 1.29 is 22.8 Å². The lowest BCUT2D eigenvalue weighted by Gasteiger charge is -2.18. The number of carbonyl (C=O) groups is 2. The number of anilines is 1. The molecule has 2 amide bonds. The van der Waals surface area contributed by atoms with Crippen LogP contribution >= 0.6 is 27.5 Å². The molecule has 0 aromatic heterocycles. The van der Waals surface area contributed by atoms with Gasteiger partial charge in [0, 0.05) is 29.7 Å². The first-order valence-electron chi connectivity index (χ1n) is 12.8. The summed E-state index contributed by atoms with van der Waals surface area (Å²) in [4.78, 5) is 28.1. The Bertz CT molecular complexity index is 1380. The van der Waals surface area contributed by atoms with Crippen molar-refractivity contribution in [3.8, 4) is 0 Å². The molecule has 3 N–H and O–H groups in total. The first-order chi connectivity index (χ1) is 19.5. The number of hydrogen-bond donors (Lipinski definition) is 3. The monoisotopic (exact) mass is 651 g/mol.